The van der Waals surface area contributed by atoms with E-state index in [0.717, 1.165) is 70.0 Å². The summed E-state index contributed by atoms with van der Waals surface area (Å²) in [6, 6.07) is 6.06. The second-order valence-corrected chi connectivity index (χ2v) is 11.1. The molecule has 43 heavy (non-hydrogen) atoms. The summed E-state index contributed by atoms with van der Waals surface area (Å²) in [5, 5.41) is 25.2. The summed E-state index contributed by atoms with van der Waals surface area (Å²) in [7, 11) is 0. The third kappa shape index (κ3) is 26.4. The fraction of sp³-hybridized carbons (Fsp3) is 0.688. The van der Waals surface area contributed by atoms with Crippen molar-refractivity contribution in [2.45, 2.75) is 122 Å². The number of hydrogen-bond donors (Lipinski definition) is 4. The van der Waals surface area contributed by atoms with Crippen molar-refractivity contribution in [1.29, 1.82) is 1.12 Å². The number of hydrogen-bond acceptors (Lipinski definition) is 8. The van der Waals surface area contributed by atoms with Crippen LogP contribution in [-0.2, 0) is 19.2 Å². The van der Waals surface area contributed by atoms with E-state index in [1.165, 1.54) is 37.5 Å². The standard InChI is InChI=1S/C28H43N3O7.C4H10S/c32-25(15-6-2-4-10-19-28(35)36)16-8-5-11-20-29-27(34)18-9-3-1-7-17-26(33)22-30-23-13-12-14-24(21-23)31(37)38;1-2-3-4-5/h12-14,21,30H,1-11,15-20,22H2,(H,29,34)(H,35,36);5H,2-4H2,1H3/i/hT. The molecule has 1 rings (SSSR count). The van der Waals surface area contributed by atoms with Gasteiger partial charge < -0.3 is 15.7 Å². The molecule has 1 amide bonds. The van der Waals surface area contributed by atoms with Crippen molar-refractivity contribution in [3.05, 3.63) is 34.4 Å². The van der Waals surface area contributed by atoms with Crippen LogP contribution < -0.4 is 10.6 Å². The molecule has 0 unspecified atom stereocenters. The smallest absolute Gasteiger partial charge is 0.303 e. The molecule has 11 heteroatoms. The zero-order chi connectivity index (χ0) is 32.8. The van der Waals surface area contributed by atoms with Gasteiger partial charge in [0, 0.05) is 56.5 Å². The number of Topliss-reactive ketones (excluding diaryl/α,β-unsaturated/α-hetero) is 2. The lowest BCUT2D eigenvalue weighted by molar-refractivity contribution is -0.384. The van der Waals surface area contributed by atoms with Crippen LogP contribution in [0.5, 0.6) is 0 Å². The zero-order valence-electron chi connectivity index (χ0n) is 26.9. The molecule has 1 aromatic carbocycles. The quantitative estimate of drug-likeness (QED) is 0.0343. The van der Waals surface area contributed by atoms with Crippen molar-refractivity contribution in [1.82, 2.24) is 5.32 Å². The van der Waals surface area contributed by atoms with Gasteiger partial charge in [0.15, 0.2) is 5.78 Å². The van der Waals surface area contributed by atoms with Crippen LogP contribution in [0, 0.1) is 10.1 Å². The van der Waals surface area contributed by atoms with Gasteiger partial charge in [-0.05, 0) is 56.8 Å². The van der Waals surface area contributed by atoms with Crippen LogP contribution in [0.2, 0.25) is 0 Å². The van der Waals surface area contributed by atoms with Crippen molar-refractivity contribution in [3.63, 3.8) is 0 Å². The molecule has 3 N–H and O–H groups in total. The summed E-state index contributed by atoms with van der Waals surface area (Å²) < 4.78 is 6.62. The lowest BCUT2D eigenvalue weighted by Gasteiger charge is -2.06. The maximum Gasteiger partial charge on any atom is 0.303 e. The van der Waals surface area contributed by atoms with Crippen molar-refractivity contribution < 1.29 is 29.2 Å². The van der Waals surface area contributed by atoms with Gasteiger partial charge in [-0.3, -0.25) is 29.3 Å². The van der Waals surface area contributed by atoms with Gasteiger partial charge in [0.1, 0.15) is 6.91 Å². The number of carbonyl (C=O) groups is 4. The van der Waals surface area contributed by atoms with Crippen molar-refractivity contribution in [2.24, 2.45) is 0 Å². The predicted molar refractivity (Wildman–Crippen MR) is 175 cm³/mol. The van der Waals surface area contributed by atoms with Gasteiger partial charge >= 0.3 is 5.97 Å². The number of nitrogens with zero attached hydrogens (tertiary/aromatic N) is 1. The summed E-state index contributed by atoms with van der Waals surface area (Å²) in [6.45, 7) is 2.88. The number of thiol groups is 1. The molecule has 244 valence electrons. The second-order valence-electron chi connectivity index (χ2n) is 10.7. The van der Waals surface area contributed by atoms with E-state index in [-0.39, 0.29) is 36.1 Å². The summed E-state index contributed by atoms with van der Waals surface area (Å²) in [4.78, 5) is 56.6. The third-order valence-electron chi connectivity index (χ3n) is 6.70. The number of carboxylic acid groups (broad SMARTS) is 1. The van der Waals surface area contributed by atoms with Crippen LogP contribution in [0.25, 0.3) is 0 Å². The molecule has 0 saturated carbocycles. The molecule has 0 atom stereocenters. The normalized spacial score (nSPS) is 10.7. The van der Waals surface area contributed by atoms with Gasteiger partial charge in [0.25, 0.3) is 5.69 Å². The van der Waals surface area contributed by atoms with Gasteiger partial charge in [0.2, 0.25) is 5.91 Å². The van der Waals surface area contributed by atoms with Crippen LogP contribution >= 0.6 is 12.5 Å². The maximum atomic E-state index is 12.0. The van der Waals surface area contributed by atoms with Crippen LogP contribution in [0.3, 0.4) is 0 Å². The topological polar surface area (TPSA) is 156 Å². The molecule has 0 aromatic heterocycles. The Bertz CT molecular complexity index is 962. The number of anilines is 1. The Hall–Kier alpha value is -2.95. The number of unbranched alkanes of at least 4 members (excludes halogenated alkanes) is 9. The number of aliphatic carboxylic acids is 1. The van der Waals surface area contributed by atoms with Crippen LogP contribution in [0.1, 0.15) is 122 Å². The predicted octanol–water partition coefficient (Wildman–Crippen LogP) is 7.30. The number of rotatable bonds is 27. The highest BCUT2D eigenvalue weighted by molar-refractivity contribution is 7.80. The Balaban J connectivity index is 0.00000278. The summed E-state index contributed by atoms with van der Waals surface area (Å²) >= 11 is 1.18. The largest absolute Gasteiger partial charge is 0.481 e. The van der Waals surface area contributed by atoms with Crippen molar-refractivity contribution >= 4 is 47.4 Å². The van der Waals surface area contributed by atoms with E-state index in [9.17, 15) is 29.3 Å². The van der Waals surface area contributed by atoms with Gasteiger partial charge in [-0.2, -0.15) is 12.5 Å². The number of non-ortho nitro benzene ring substituents is 1. The average Bonchev–Trinajstić information content (AvgIpc) is 3.00. The number of ketones is 2. The molecule has 10 nitrogen and oxygen atoms in total. The summed E-state index contributed by atoms with van der Waals surface area (Å²) in [5.41, 5.74) is 0.527. The molecule has 0 aliphatic heterocycles. The Kier molecular flexibility index (Phi) is 24.7. The van der Waals surface area contributed by atoms with Crippen LogP contribution in [0.15, 0.2) is 24.3 Å². The lowest BCUT2D eigenvalue weighted by atomic mass is 10.0. The fourth-order valence-electron chi connectivity index (χ4n) is 4.14. The Morgan fingerprint density at radius 3 is 1.98 bits per heavy atom. The number of carboxylic acids is 1. The monoisotopic (exact) mass is 625 g/mol. The number of nitro benzene ring substituents is 1. The first kappa shape index (κ1) is 38.1. The minimum atomic E-state index is -0.772. The Morgan fingerprint density at radius 2 is 1.42 bits per heavy atom. The molecule has 0 saturated heterocycles. The van der Waals surface area contributed by atoms with E-state index >= 15 is 0 Å². The molecular formula is C32H53N3O7S. The highest BCUT2D eigenvalue weighted by Crippen LogP contribution is 2.17. The fourth-order valence-corrected chi connectivity index (χ4v) is 4.43. The minimum absolute atomic E-state index is 0.0195. The van der Waals surface area contributed by atoms with E-state index in [2.05, 4.69) is 17.6 Å². The lowest BCUT2D eigenvalue weighted by Crippen LogP contribution is -2.24. The maximum absolute atomic E-state index is 12.0. The highest BCUT2D eigenvalue weighted by atomic mass is 32.1. The van der Waals surface area contributed by atoms with Crippen LogP contribution in [0.4, 0.5) is 11.4 Å². The Morgan fingerprint density at radius 1 is 0.837 bits per heavy atom. The van der Waals surface area contributed by atoms with Gasteiger partial charge in [-0.15, -0.1) is 0 Å². The number of nitrogens with one attached hydrogen (secondary N) is 2. The summed E-state index contributed by atoms with van der Waals surface area (Å²) in [6.07, 6.45) is 13.7. The van der Waals surface area contributed by atoms with E-state index in [1.54, 1.807) is 12.1 Å². The molecular weight excluding hydrogens is 570 g/mol. The van der Waals surface area contributed by atoms with Gasteiger partial charge in [0.05, 0.1) is 11.5 Å². The molecule has 0 spiro atoms. The van der Waals surface area contributed by atoms with E-state index < -0.39 is 10.9 Å². The average molecular weight is 626 g/mol. The molecule has 0 aliphatic rings. The third-order valence-corrected chi connectivity index (χ3v) is 6.99. The minimum Gasteiger partial charge on any atom is -0.481 e. The number of amides is 1. The van der Waals surface area contributed by atoms with E-state index in [0.29, 0.717) is 44.3 Å². The molecule has 0 heterocycles. The van der Waals surface area contributed by atoms with Crippen molar-refractivity contribution in [3.8, 4) is 0 Å². The first-order valence-electron chi connectivity index (χ1n) is 16.2. The number of carbonyl (C=O) groups excluding carboxylic acids is 3. The van der Waals surface area contributed by atoms with Crippen molar-refractivity contribution in [2.75, 3.05) is 24.2 Å². The SMILES string of the molecule is O=C(O)CCCCCCC(=O)CCCCCNC(=O)CCCCCCC(=O)CNc1cccc([N+](=O)[O-])c1.[3H]SCCCC. The zero-order valence-corrected chi connectivity index (χ0v) is 26.7. The van der Waals surface area contributed by atoms with E-state index in [1.807, 2.05) is 0 Å². The Labute approximate surface area is 263 Å². The molecule has 1 aromatic rings. The highest BCUT2D eigenvalue weighted by Gasteiger charge is 2.08. The number of nitro groups is 1. The molecule has 0 fully saturated rings. The van der Waals surface area contributed by atoms with Crippen LogP contribution in [-0.4, -0.2) is 53.4 Å². The number of benzene rings is 1. The molecule has 0 radical (unpaired) electrons. The first-order chi connectivity index (χ1) is 21.2. The van der Waals surface area contributed by atoms with E-state index in [4.69, 9.17) is 6.23 Å². The second kappa shape index (κ2) is 27.9. The summed E-state index contributed by atoms with van der Waals surface area (Å²) in [5.74, 6) is 0.556. The first-order valence-corrected chi connectivity index (χ1v) is 16.4. The molecule has 0 bridgehead atoms. The van der Waals surface area contributed by atoms with Gasteiger partial charge in [-0.1, -0.05) is 51.5 Å². The van der Waals surface area contributed by atoms with Gasteiger partial charge in [-0.25, -0.2) is 0 Å². The molecule has 0 aliphatic carbocycles.